The zero-order chi connectivity index (χ0) is 15.0. The second-order valence-electron chi connectivity index (χ2n) is 5.65. The van der Waals surface area contributed by atoms with Gasteiger partial charge in [-0.25, -0.2) is 4.98 Å². The minimum Gasteiger partial charge on any atom is -0.342 e. The molecule has 1 aliphatic heterocycles. The monoisotopic (exact) mass is 295 g/mol. The van der Waals surface area contributed by atoms with Crippen molar-refractivity contribution in [2.24, 2.45) is 5.92 Å². The second kappa shape index (κ2) is 5.52. The van der Waals surface area contributed by atoms with Crippen molar-refractivity contribution in [1.82, 2.24) is 15.2 Å². The molecular formula is C14H21N3O2S. The Balaban J connectivity index is 2.31. The van der Waals surface area contributed by atoms with E-state index in [9.17, 15) is 9.59 Å². The largest absolute Gasteiger partial charge is 0.342 e. The molecule has 0 spiro atoms. The second-order valence-corrected chi connectivity index (χ2v) is 6.54. The molecule has 6 heteroatoms. The summed E-state index contributed by atoms with van der Waals surface area (Å²) in [5.41, 5.74) is 0.943. The first kappa shape index (κ1) is 15.0. The van der Waals surface area contributed by atoms with Gasteiger partial charge in [0.05, 0.1) is 6.04 Å². The maximum Gasteiger partial charge on any atom is 0.246 e. The van der Waals surface area contributed by atoms with Gasteiger partial charge >= 0.3 is 0 Å². The van der Waals surface area contributed by atoms with Crippen LogP contribution in [-0.2, 0) is 9.59 Å². The number of hydrogen-bond donors (Lipinski definition) is 1. The van der Waals surface area contributed by atoms with Crippen LogP contribution in [0, 0.1) is 12.8 Å². The molecule has 3 atom stereocenters. The van der Waals surface area contributed by atoms with Gasteiger partial charge < -0.3 is 10.2 Å². The van der Waals surface area contributed by atoms with Crippen molar-refractivity contribution in [3.05, 3.63) is 16.1 Å². The fourth-order valence-electron chi connectivity index (χ4n) is 2.47. The third-order valence-corrected chi connectivity index (χ3v) is 4.83. The molecule has 1 saturated heterocycles. The summed E-state index contributed by atoms with van der Waals surface area (Å²) in [6.45, 7) is 9.51. The van der Waals surface area contributed by atoms with Crippen LogP contribution in [0.5, 0.6) is 0 Å². The van der Waals surface area contributed by atoms with Gasteiger partial charge in [0, 0.05) is 11.1 Å². The molecule has 1 aromatic heterocycles. The third-order valence-electron chi connectivity index (χ3n) is 3.69. The summed E-state index contributed by atoms with van der Waals surface area (Å²) in [7, 11) is 0. The zero-order valence-electron chi connectivity index (χ0n) is 12.5. The lowest BCUT2D eigenvalue weighted by Crippen LogP contribution is -2.64. The highest BCUT2D eigenvalue weighted by Crippen LogP contribution is 2.29. The molecule has 1 aromatic rings. The van der Waals surface area contributed by atoms with Gasteiger partial charge in [-0.15, -0.1) is 11.3 Å². The summed E-state index contributed by atoms with van der Waals surface area (Å²) in [6, 6.07) is -1.08. The molecule has 1 aliphatic rings. The van der Waals surface area contributed by atoms with Crippen LogP contribution >= 0.6 is 11.3 Å². The van der Waals surface area contributed by atoms with E-state index in [0.717, 1.165) is 10.7 Å². The molecule has 5 nitrogen and oxygen atoms in total. The quantitative estimate of drug-likeness (QED) is 0.926. The number of carbonyl (C=O) groups is 2. The van der Waals surface area contributed by atoms with Crippen molar-refractivity contribution >= 4 is 23.2 Å². The first-order valence-corrected chi connectivity index (χ1v) is 7.75. The van der Waals surface area contributed by atoms with E-state index in [1.807, 2.05) is 33.1 Å². The molecule has 2 rings (SSSR count). The maximum absolute atomic E-state index is 12.6. The fourth-order valence-corrected chi connectivity index (χ4v) is 3.33. The molecule has 0 aromatic carbocycles. The molecule has 2 amide bonds. The molecule has 2 heterocycles. The molecule has 1 N–H and O–H groups in total. The first-order chi connectivity index (χ1) is 9.32. The van der Waals surface area contributed by atoms with Gasteiger partial charge in [0.2, 0.25) is 11.8 Å². The van der Waals surface area contributed by atoms with E-state index in [1.165, 1.54) is 11.3 Å². The van der Waals surface area contributed by atoms with E-state index in [2.05, 4.69) is 10.3 Å². The number of aromatic nitrogens is 1. The number of nitrogens with one attached hydrogen (secondary N) is 1. The van der Waals surface area contributed by atoms with Crippen molar-refractivity contribution in [3.8, 4) is 0 Å². The number of hydrogen-bond acceptors (Lipinski definition) is 4. The number of rotatable bonds is 3. The Hall–Kier alpha value is -1.43. The van der Waals surface area contributed by atoms with E-state index >= 15 is 0 Å². The Kier molecular flexibility index (Phi) is 4.13. The molecule has 20 heavy (non-hydrogen) atoms. The number of aryl methyl sites for hydroxylation is 1. The van der Waals surface area contributed by atoms with E-state index in [1.54, 1.807) is 11.8 Å². The van der Waals surface area contributed by atoms with Crippen molar-refractivity contribution in [1.29, 1.82) is 0 Å². The van der Waals surface area contributed by atoms with Crippen LogP contribution in [0.3, 0.4) is 0 Å². The summed E-state index contributed by atoms with van der Waals surface area (Å²) >= 11 is 1.53. The highest BCUT2D eigenvalue weighted by molar-refractivity contribution is 7.09. The number of carbonyl (C=O) groups excluding carboxylic acids is 2. The molecule has 0 saturated carbocycles. The van der Waals surface area contributed by atoms with E-state index < -0.39 is 12.1 Å². The van der Waals surface area contributed by atoms with Gasteiger partial charge in [-0.05, 0) is 26.7 Å². The Morgan fingerprint density at radius 1 is 1.35 bits per heavy atom. The average molecular weight is 295 g/mol. The standard InChI is InChI=1S/C14H21N3O2S/c1-7(2)11-14(19)17(9(4)12(18)16-11)10(5)13-15-8(3)6-20-13/h6-7,9-11H,1-5H3,(H,16,18). The van der Waals surface area contributed by atoms with Crippen molar-refractivity contribution < 1.29 is 9.59 Å². The third kappa shape index (κ3) is 2.57. The van der Waals surface area contributed by atoms with Crippen LogP contribution in [0.1, 0.15) is 44.4 Å². The fraction of sp³-hybridized carbons (Fsp3) is 0.643. The van der Waals surface area contributed by atoms with Crippen LogP contribution in [0.2, 0.25) is 0 Å². The Morgan fingerprint density at radius 3 is 2.50 bits per heavy atom. The summed E-state index contributed by atoms with van der Waals surface area (Å²) in [5, 5.41) is 5.65. The molecule has 0 radical (unpaired) electrons. The minimum absolute atomic E-state index is 0.0209. The Morgan fingerprint density at radius 2 is 2.00 bits per heavy atom. The van der Waals surface area contributed by atoms with Crippen LogP contribution in [0.4, 0.5) is 0 Å². The molecule has 0 aliphatic carbocycles. The number of nitrogens with zero attached hydrogens (tertiary/aromatic N) is 2. The van der Waals surface area contributed by atoms with E-state index in [-0.39, 0.29) is 23.8 Å². The summed E-state index contributed by atoms with van der Waals surface area (Å²) in [6.07, 6.45) is 0. The number of piperazine rings is 1. The average Bonchev–Trinajstić information content (AvgIpc) is 2.80. The number of thiazole rings is 1. The Bertz CT molecular complexity index is 526. The SMILES string of the molecule is Cc1csc(C(C)N2C(=O)C(C(C)C)NC(=O)C2C)n1. The summed E-state index contributed by atoms with van der Waals surface area (Å²) in [4.78, 5) is 30.8. The van der Waals surface area contributed by atoms with Gasteiger partial charge in [-0.3, -0.25) is 9.59 Å². The van der Waals surface area contributed by atoms with Gasteiger partial charge in [0.1, 0.15) is 17.1 Å². The smallest absolute Gasteiger partial charge is 0.246 e. The summed E-state index contributed by atoms with van der Waals surface area (Å²) in [5.74, 6) is -0.0393. The minimum atomic E-state index is -0.461. The van der Waals surface area contributed by atoms with Gasteiger partial charge in [-0.2, -0.15) is 0 Å². The van der Waals surface area contributed by atoms with E-state index in [0.29, 0.717) is 0 Å². The lowest BCUT2D eigenvalue weighted by Gasteiger charge is -2.41. The Labute approximate surface area is 123 Å². The van der Waals surface area contributed by atoms with Gasteiger partial charge in [0.25, 0.3) is 0 Å². The molecule has 110 valence electrons. The van der Waals surface area contributed by atoms with Crippen LogP contribution in [0.25, 0.3) is 0 Å². The predicted molar refractivity (Wildman–Crippen MR) is 78.3 cm³/mol. The summed E-state index contributed by atoms with van der Waals surface area (Å²) < 4.78 is 0. The first-order valence-electron chi connectivity index (χ1n) is 6.87. The van der Waals surface area contributed by atoms with Crippen molar-refractivity contribution in [2.75, 3.05) is 0 Å². The van der Waals surface area contributed by atoms with Crippen molar-refractivity contribution in [3.63, 3.8) is 0 Å². The van der Waals surface area contributed by atoms with Gasteiger partial charge in [0.15, 0.2) is 0 Å². The number of amides is 2. The highest BCUT2D eigenvalue weighted by Gasteiger charge is 2.42. The van der Waals surface area contributed by atoms with Crippen molar-refractivity contribution in [2.45, 2.75) is 52.7 Å². The van der Waals surface area contributed by atoms with Crippen LogP contribution < -0.4 is 5.32 Å². The topological polar surface area (TPSA) is 62.3 Å². The molecule has 0 bridgehead atoms. The highest BCUT2D eigenvalue weighted by atomic mass is 32.1. The predicted octanol–water partition coefficient (Wildman–Crippen LogP) is 1.88. The lowest BCUT2D eigenvalue weighted by molar-refractivity contribution is -0.152. The van der Waals surface area contributed by atoms with Crippen LogP contribution in [0.15, 0.2) is 5.38 Å². The van der Waals surface area contributed by atoms with E-state index in [4.69, 9.17) is 0 Å². The lowest BCUT2D eigenvalue weighted by atomic mass is 9.97. The molecular weight excluding hydrogens is 274 g/mol. The van der Waals surface area contributed by atoms with Gasteiger partial charge in [-0.1, -0.05) is 13.8 Å². The normalized spacial score (nSPS) is 25.0. The maximum atomic E-state index is 12.6. The van der Waals surface area contributed by atoms with Crippen LogP contribution in [-0.4, -0.2) is 33.8 Å². The molecule has 3 unspecified atom stereocenters. The molecule has 1 fully saturated rings. The zero-order valence-corrected chi connectivity index (χ0v) is 13.3.